The highest BCUT2D eigenvalue weighted by Crippen LogP contribution is 2.44. The van der Waals surface area contributed by atoms with E-state index >= 15 is 0 Å². The first-order chi connectivity index (χ1) is 7.75. The largest absolute Gasteiger partial charge is 0.319 e. The van der Waals surface area contributed by atoms with Crippen LogP contribution in [0.2, 0.25) is 0 Å². The fraction of sp³-hybridized carbons (Fsp3) is 0.462. The lowest BCUT2D eigenvalue weighted by atomic mass is 9.96. The molecule has 0 N–H and O–H groups in total. The van der Waals surface area contributed by atoms with Crippen LogP contribution in [-0.2, 0) is 10.5 Å². The zero-order valence-corrected chi connectivity index (χ0v) is 9.52. The fourth-order valence-corrected chi connectivity index (χ4v) is 3.12. The highest BCUT2D eigenvalue weighted by Gasteiger charge is 2.52. The summed E-state index contributed by atoms with van der Waals surface area (Å²) in [5.74, 6) is 0.299. The number of hydrogen-bond acceptors (Lipinski definition) is 2. The fourth-order valence-electron chi connectivity index (χ4n) is 3.12. The van der Waals surface area contributed by atoms with Crippen LogP contribution in [0.4, 0.5) is 0 Å². The van der Waals surface area contributed by atoms with Crippen LogP contribution in [0, 0.1) is 0 Å². The van der Waals surface area contributed by atoms with Gasteiger partial charge >= 0.3 is 0 Å². The smallest absolute Gasteiger partial charge is 0.224 e. The van der Waals surface area contributed by atoms with Gasteiger partial charge in [-0.3, -0.25) is 9.69 Å². The summed E-state index contributed by atoms with van der Waals surface area (Å²) in [5.41, 5.74) is 1.10. The van der Waals surface area contributed by atoms with E-state index in [4.69, 9.17) is 0 Å². The summed E-state index contributed by atoms with van der Waals surface area (Å²) in [5, 5.41) is 0. The summed E-state index contributed by atoms with van der Waals surface area (Å²) in [6, 6.07) is 10.4. The third kappa shape index (κ3) is 1.09. The topological polar surface area (TPSA) is 23.6 Å². The third-order valence-electron chi connectivity index (χ3n) is 3.96. The molecular formula is C13H16N2O. The Labute approximate surface area is 95.7 Å². The van der Waals surface area contributed by atoms with Crippen molar-refractivity contribution in [2.24, 2.45) is 0 Å². The van der Waals surface area contributed by atoms with Crippen LogP contribution in [0.1, 0.15) is 18.4 Å². The van der Waals surface area contributed by atoms with E-state index < -0.39 is 0 Å². The second-order valence-electron chi connectivity index (χ2n) is 4.65. The van der Waals surface area contributed by atoms with E-state index in [0.717, 1.165) is 19.5 Å². The molecule has 2 fully saturated rings. The maximum atomic E-state index is 11.9. The maximum Gasteiger partial charge on any atom is 0.224 e. The average molecular weight is 216 g/mol. The van der Waals surface area contributed by atoms with Gasteiger partial charge in [-0.1, -0.05) is 30.3 Å². The van der Waals surface area contributed by atoms with Crippen molar-refractivity contribution in [3.63, 3.8) is 0 Å². The molecule has 1 aromatic rings. The van der Waals surface area contributed by atoms with Crippen molar-refractivity contribution in [3.8, 4) is 0 Å². The zero-order valence-electron chi connectivity index (χ0n) is 9.52. The van der Waals surface area contributed by atoms with Crippen molar-refractivity contribution >= 4 is 5.91 Å². The summed E-state index contributed by atoms with van der Waals surface area (Å²) < 4.78 is 0. The second kappa shape index (κ2) is 3.32. The molecule has 16 heavy (non-hydrogen) atoms. The van der Waals surface area contributed by atoms with E-state index in [1.807, 2.05) is 11.0 Å². The molecule has 0 aliphatic carbocycles. The second-order valence-corrected chi connectivity index (χ2v) is 4.65. The Bertz CT molecular complexity index is 417. The highest BCUT2D eigenvalue weighted by atomic mass is 16.2. The molecule has 0 saturated carbocycles. The molecule has 84 valence electrons. The summed E-state index contributed by atoms with van der Waals surface area (Å²) >= 11 is 0. The van der Waals surface area contributed by atoms with Crippen LogP contribution >= 0.6 is 0 Å². The number of carbonyl (C=O) groups excluding carboxylic acids is 1. The molecule has 1 unspecified atom stereocenters. The Morgan fingerprint density at radius 1 is 1.19 bits per heavy atom. The molecule has 0 spiro atoms. The monoisotopic (exact) mass is 216 g/mol. The van der Waals surface area contributed by atoms with Crippen molar-refractivity contribution in [2.45, 2.75) is 18.5 Å². The molecular weight excluding hydrogens is 200 g/mol. The van der Waals surface area contributed by atoms with Crippen LogP contribution in [0.5, 0.6) is 0 Å². The van der Waals surface area contributed by atoms with Gasteiger partial charge in [0.25, 0.3) is 0 Å². The molecule has 2 heterocycles. The molecule has 3 nitrogen and oxygen atoms in total. The number of rotatable bonds is 1. The van der Waals surface area contributed by atoms with Crippen LogP contribution in [-0.4, -0.2) is 35.8 Å². The van der Waals surface area contributed by atoms with Crippen molar-refractivity contribution in [1.29, 1.82) is 0 Å². The number of likely N-dealkylation sites (N-methyl/N-ethyl adjacent to an activating group) is 1. The maximum absolute atomic E-state index is 11.9. The Balaban J connectivity index is 2.11. The highest BCUT2D eigenvalue weighted by molar-refractivity contribution is 5.80. The number of hydrogen-bond donors (Lipinski definition) is 0. The Hall–Kier alpha value is -1.35. The first-order valence-electron chi connectivity index (χ1n) is 5.82. The molecule has 0 aromatic heterocycles. The number of amides is 1. The van der Waals surface area contributed by atoms with Gasteiger partial charge in [-0.25, -0.2) is 0 Å². The lowest BCUT2D eigenvalue weighted by Crippen LogP contribution is -2.46. The molecule has 0 radical (unpaired) electrons. The van der Waals surface area contributed by atoms with Crippen LogP contribution in [0.25, 0.3) is 0 Å². The number of carbonyl (C=O) groups is 1. The van der Waals surface area contributed by atoms with Gasteiger partial charge < -0.3 is 4.90 Å². The predicted molar refractivity (Wildman–Crippen MR) is 61.7 cm³/mol. The summed E-state index contributed by atoms with van der Waals surface area (Å²) in [6.45, 7) is 1.84. The van der Waals surface area contributed by atoms with E-state index in [-0.39, 0.29) is 5.66 Å². The first kappa shape index (κ1) is 9.85. The number of fused-ring (bicyclic) bond motifs is 1. The normalized spacial score (nSPS) is 29.8. The number of nitrogens with zero attached hydrogens (tertiary/aromatic N) is 2. The Morgan fingerprint density at radius 2 is 1.94 bits per heavy atom. The molecule has 3 rings (SSSR count). The van der Waals surface area contributed by atoms with Crippen LogP contribution in [0.15, 0.2) is 30.3 Å². The molecule has 2 saturated heterocycles. The minimum Gasteiger partial charge on any atom is -0.319 e. The summed E-state index contributed by atoms with van der Waals surface area (Å²) in [6.07, 6.45) is 1.60. The zero-order chi connectivity index (χ0) is 11.2. The molecule has 0 bridgehead atoms. The molecule has 1 atom stereocenters. The molecule has 2 aliphatic rings. The van der Waals surface area contributed by atoms with Crippen molar-refractivity contribution in [3.05, 3.63) is 35.9 Å². The molecule has 2 aliphatic heterocycles. The van der Waals surface area contributed by atoms with E-state index in [0.29, 0.717) is 12.3 Å². The summed E-state index contributed by atoms with van der Waals surface area (Å²) in [7, 11) is 2.12. The van der Waals surface area contributed by atoms with Gasteiger partial charge in [0.2, 0.25) is 5.91 Å². The minimum atomic E-state index is -0.154. The van der Waals surface area contributed by atoms with Crippen molar-refractivity contribution < 1.29 is 4.79 Å². The first-order valence-corrected chi connectivity index (χ1v) is 5.82. The van der Waals surface area contributed by atoms with Gasteiger partial charge in [0, 0.05) is 19.5 Å². The van der Waals surface area contributed by atoms with E-state index in [2.05, 4.69) is 36.2 Å². The van der Waals surface area contributed by atoms with E-state index in [1.165, 1.54) is 5.56 Å². The van der Waals surface area contributed by atoms with Gasteiger partial charge in [0.1, 0.15) is 5.66 Å². The summed E-state index contributed by atoms with van der Waals surface area (Å²) in [4.78, 5) is 16.2. The predicted octanol–water partition coefficient (Wildman–Crippen LogP) is 1.41. The van der Waals surface area contributed by atoms with Gasteiger partial charge in [0.05, 0.1) is 0 Å². The lowest BCUT2D eigenvalue weighted by Gasteiger charge is -2.37. The SMILES string of the molecule is CN1CCN2C(=O)CCC12c1ccccc1. The Kier molecular flexibility index (Phi) is 2.04. The quantitative estimate of drug-likeness (QED) is 0.708. The average Bonchev–Trinajstić information content (AvgIpc) is 2.82. The minimum absolute atomic E-state index is 0.154. The molecule has 1 amide bonds. The third-order valence-corrected chi connectivity index (χ3v) is 3.96. The van der Waals surface area contributed by atoms with Crippen LogP contribution < -0.4 is 0 Å². The van der Waals surface area contributed by atoms with Gasteiger partial charge in [-0.2, -0.15) is 0 Å². The van der Waals surface area contributed by atoms with E-state index in [9.17, 15) is 4.79 Å². The Morgan fingerprint density at radius 3 is 2.69 bits per heavy atom. The van der Waals surface area contributed by atoms with Crippen LogP contribution in [0.3, 0.4) is 0 Å². The van der Waals surface area contributed by atoms with Gasteiger partial charge in [-0.15, -0.1) is 0 Å². The molecule has 1 aromatic carbocycles. The molecule has 3 heteroatoms. The van der Waals surface area contributed by atoms with Crippen molar-refractivity contribution in [2.75, 3.05) is 20.1 Å². The van der Waals surface area contributed by atoms with Gasteiger partial charge in [-0.05, 0) is 19.0 Å². The lowest BCUT2D eigenvalue weighted by molar-refractivity contribution is -0.131. The standard InChI is InChI=1S/C13H16N2O/c1-14-9-10-15-12(16)7-8-13(14,15)11-5-3-2-4-6-11/h2-6H,7-10H2,1H3. The van der Waals surface area contributed by atoms with Gasteiger partial charge in [0.15, 0.2) is 0 Å². The van der Waals surface area contributed by atoms with Crippen molar-refractivity contribution in [1.82, 2.24) is 9.80 Å². The number of benzene rings is 1. The van der Waals surface area contributed by atoms with E-state index in [1.54, 1.807) is 0 Å².